The zero-order valence-electron chi connectivity index (χ0n) is 21.8. The van der Waals surface area contributed by atoms with Gasteiger partial charge in [0.05, 0.1) is 17.3 Å². The maximum absolute atomic E-state index is 12.8. The minimum atomic E-state index is -0.471. The molecular weight excluding hydrogens is 557 g/mol. The highest BCUT2D eigenvalue weighted by molar-refractivity contribution is 6.38. The molecule has 10 nitrogen and oxygen atoms in total. The number of likely N-dealkylation sites (N-methyl/N-ethyl adjacent to an activating group) is 1. The average Bonchev–Trinajstić information content (AvgIpc) is 3.31. The summed E-state index contributed by atoms with van der Waals surface area (Å²) in [4.78, 5) is 45.9. The van der Waals surface area contributed by atoms with Crippen LogP contribution in [0.25, 0.3) is 17.2 Å². The molecule has 2 heterocycles. The van der Waals surface area contributed by atoms with Gasteiger partial charge in [-0.3, -0.25) is 14.4 Å². The molecule has 12 heteroatoms. The number of nitrogens with zero attached hydrogens (tertiary/aromatic N) is 3. The van der Waals surface area contributed by atoms with Gasteiger partial charge in [0.25, 0.3) is 0 Å². The van der Waals surface area contributed by atoms with Crippen molar-refractivity contribution in [1.29, 1.82) is 0 Å². The Balaban J connectivity index is 1.37. The number of carbonyl (C=O) groups excluding carboxylic acids is 3. The first kappa shape index (κ1) is 28.6. The molecule has 0 saturated carbocycles. The molecule has 2 aromatic carbocycles. The minimum Gasteiger partial charge on any atom is -0.485 e. The smallest absolute Gasteiger partial charge is 0.246 e. The second-order valence-electron chi connectivity index (χ2n) is 8.65. The van der Waals surface area contributed by atoms with Crippen molar-refractivity contribution >= 4 is 69.6 Å². The van der Waals surface area contributed by atoms with E-state index < -0.39 is 11.8 Å². The first-order valence-corrected chi connectivity index (χ1v) is 12.8. The van der Waals surface area contributed by atoms with Crippen molar-refractivity contribution in [2.24, 2.45) is 0 Å². The van der Waals surface area contributed by atoms with Crippen molar-refractivity contribution in [2.75, 3.05) is 23.8 Å². The first-order chi connectivity index (χ1) is 19.1. The summed E-state index contributed by atoms with van der Waals surface area (Å²) in [6, 6.07) is 11.9. The van der Waals surface area contributed by atoms with Crippen LogP contribution in [-0.2, 0) is 21.0 Å². The third kappa shape index (κ3) is 6.96. The number of pyridine rings is 1. The van der Waals surface area contributed by atoms with E-state index in [1.54, 1.807) is 50.4 Å². The number of hydrogen-bond donors (Lipinski definition) is 2. The zero-order valence-corrected chi connectivity index (χ0v) is 23.3. The molecule has 4 rings (SSSR count). The number of carbonyl (C=O) groups is 3. The molecular formula is C28H25Cl2N5O5. The molecule has 3 amide bonds. The largest absolute Gasteiger partial charge is 0.485 e. The highest BCUT2D eigenvalue weighted by atomic mass is 35.5. The summed E-state index contributed by atoms with van der Waals surface area (Å²) in [6.45, 7) is 2.89. The molecule has 0 saturated heterocycles. The number of fused-ring (bicyclic) bond motifs is 1. The number of aryl methyl sites for hydroxylation is 1. The molecule has 0 aliphatic heterocycles. The number of amides is 3. The SMILES string of the molecule is CC(=O)Nc1ccc(/C=C/C(=O)NCC(=O)N(C)c2ccc(Cl)c(COc3cccc4nc(C)oc34)c2Cl)cn1. The van der Waals surface area contributed by atoms with Crippen molar-refractivity contribution in [2.45, 2.75) is 20.5 Å². The van der Waals surface area contributed by atoms with Gasteiger partial charge in [-0.25, -0.2) is 9.97 Å². The Hall–Kier alpha value is -4.41. The molecule has 0 unspecified atom stereocenters. The van der Waals surface area contributed by atoms with Crippen LogP contribution in [0.4, 0.5) is 11.5 Å². The summed E-state index contributed by atoms with van der Waals surface area (Å²) in [5.41, 5.74) is 2.71. The number of ether oxygens (including phenoxy) is 1. The van der Waals surface area contributed by atoms with Gasteiger partial charge >= 0.3 is 0 Å². The summed E-state index contributed by atoms with van der Waals surface area (Å²) in [6.07, 6.45) is 4.32. The molecule has 2 aromatic heterocycles. The van der Waals surface area contributed by atoms with E-state index in [0.717, 1.165) is 0 Å². The highest BCUT2D eigenvalue weighted by Crippen LogP contribution is 2.35. The maximum atomic E-state index is 12.8. The normalized spacial score (nSPS) is 11.0. The fourth-order valence-corrected chi connectivity index (χ4v) is 4.29. The van der Waals surface area contributed by atoms with E-state index in [9.17, 15) is 14.4 Å². The van der Waals surface area contributed by atoms with Crippen LogP contribution in [0.5, 0.6) is 5.75 Å². The van der Waals surface area contributed by atoms with E-state index in [1.165, 1.54) is 30.2 Å². The van der Waals surface area contributed by atoms with Gasteiger partial charge in [-0.15, -0.1) is 0 Å². The monoisotopic (exact) mass is 581 g/mol. The van der Waals surface area contributed by atoms with E-state index in [1.807, 2.05) is 6.07 Å². The number of benzene rings is 2. The number of para-hydroxylation sites is 1. The van der Waals surface area contributed by atoms with Crippen LogP contribution in [0.3, 0.4) is 0 Å². The molecule has 0 radical (unpaired) electrons. The molecule has 0 aliphatic rings. The topological polar surface area (TPSA) is 127 Å². The van der Waals surface area contributed by atoms with Crippen molar-refractivity contribution in [3.8, 4) is 5.75 Å². The predicted octanol–water partition coefficient (Wildman–Crippen LogP) is 5.17. The fraction of sp³-hybridized carbons (Fsp3) is 0.179. The molecule has 40 heavy (non-hydrogen) atoms. The minimum absolute atomic E-state index is 0.0224. The number of nitrogens with one attached hydrogen (secondary N) is 2. The number of rotatable bonds is 9. The second-order valence-corrected chi connectivity index (χ2v) is 9.43. The standard InChI is InChI=1S/C28H25Cl2N5O5/c1-16(36)33-24-11-7-18(13-31-24)8-12-25(37)32-14-26(38)35(3)22-10-9-20(29)19(27(22)30)15-39-23-6-4-5-21-28(23)40-17(2)34-21/h4-13H,14-15H2,1-3H3,(H,32,37)(H,31,33,36)/b12-8+. The predicted molar refractivity (Wildman–Crippen MR) is 154 cm³/mol. The van der Waals surface area contributed by atoms with E-state index >= 15 is 0 Å². The van der Waals surface area contributed by atoms with Crippen LogP contribution in [0.1, 0.15) is 23.9 Å². The lowest BCUT2D eigenvalue weighted by Gasteiger charge is -2.21. The lowest BCUT2D eigenvalue weighted by atomic mass is 10.2. The van der Waals surface area contributed by atoms with Gasteiger partial charge in [0, 0.05) is 43.8 Å². The van der Waals surface area contributed by atoms with Crippen LogP contribution in [0.2, 0.25) is 10.0 Å². The van der Waals surface area contributed by atoms with Crippen LogP contribution < -0.4 is 20.3 Å². The molecule has 206 valence electrons. The number of anilines is 2. The second kappa shape index (κ2) is 12.6. The molecule has 0 aliphatic carbocycles. The highest BCUT2D eigenvalue weighted by Gasteiger charge is 2.19. The molecule has 0 bridgehead atoms. The van der Waals surface area contributed by atoms with Crippen molar-refractivity contribution in [3.63, 3.8) is 0 Å². The Morgan fingerprint density at radius 3 is 2.65 bits per heavy atom. The Morgan fingerprint density at radius 1 is 1.12 bits per heavy atom. The third-order valence-corrected chi connectivity index (χ3v) is 6.47. The van der Waals surface area contributed by atoms with Gasteiger partial charge in [-0.05, 0) is 48.0 Å². The van der Waals surface area contributed by atoms with Crippen LogP contribution in [0, 0.1) is 6.92 Å². The zero-order chi connectivity index (χ0) is 28.8. The Morgan fingerprint density at radius 2 is 1.93 bits per heavy atom. The number of halogens is 2. The Labute approximate surface area is 239 Å². The lowest BCUT2D eigenvalue weighted by Crippen LogP contribution is -2.37. The summed E-state index contributed by atoms with van der Waals surface area (Å²) in [7, 11) is 1.55. The van der Waals surface area contributed by atoms with E-state index in [-0.39, 0.29) is 24.1 Å². The van der Waals surface area contributed by atoms with Crippen molar-refractivity contribution < 1.29 is 23.5 Å². The molecule has 0 spiro atoms. The first-order valence-electron chi connectivity index (χ1n) is 12.0. The number of hydrogen-bond acceptors (Lipinski definition) is 7. The van der Waals surface area contributed by atoms with Gasteiger partial charge in [0.2, 0.25) is 17.7 Å². The quantitative estimate of drug-likeness (QED) is 0.261. The maximum Gasteiger partial charge on any atom is 0.246 e. The number of oxazole rings is 1. The molecule has 0 fully saturated rings. The van der Waals surface area contributed by atoms with Crippen LogP contribution in [-0.4, -0.2) is 41.3 Å². The summed E-state index contributed by atoms with van der Waals surface area (Å²) < 4.78 is 11.6. The van der Waals surface area contributed by atoms with Crippen molar-refractivity contribution in [3.05, 3.63) is 81.8 Å². The van der Waals surface area contributed by atoms with Crippen LogP contribution in [0.15, 0.2) is 59.2 Å². The van der Waals surface area contributed by atoms with Gasteiger partial charge in [-0.2, -0.15) is 0 Å². The third-order valence-electron chi connectivity index (χ3n) is 5.69. The lowest BCUT2D eigenvalue weighted by molar-refractivity contribution is -0.122. The fourth-order valence-electron chi connectivity index (χ4n) is 3.68. The Bertz CT molecular complexity index is 1600. The molecule has 0 atom stereocenters. The van der Waals surface area contributed by atoms with Gasteiger partial charge in [0.15, 0.2) is 17.2 Å². The van der Waals surface area contributed by atoms with Crippen LogP contribution >= 0.6 is 23.2 Å². The molecule has 2 N–H and O–H groups in total. The summed E-state index contributed by atoms with van der Waals surface area (Å²) in [5.74, 6) is 0.295. The number of aromatic nitrogens is 2. The summed E-state index contributed by atoms with van der Waals surface area (Å²) in [5, 5.41) is 5.72. The molecule has 4 aromatic rings. The van der Waals surface area contributed by atoms with Crippen molar-refractivity contribution in [1.82, 2.24) is 15.3 Å². The summed E-state index contributed by atoms with van der Waals surface area (Å²) >= 11 is 13.0. The Kier molecular flexibility index (Phi) is 9.03. The van der Waals surface area contributed by atoms with E-state index in [2.05, 4.69) is 20.6 Å². The van der Waals surface area contributed by atoms with E-state index in [4.69, 9.17) is 32.4 Å². The van der Waals surface area contributed by atoms with Gasteiger partial charge in [-0.1, -0.05) is 29.3 Å². The van der Waals surface area contributed by atoms with Gasteiger partial charge < -0.3 is 24.7 Å². The average molecular weight is 582 g/mol. The van der Waals surface area contributed by atoms with E-state index in [0.29, 0.717) is 50.4 Å². The van der Waals surface area contributed by atoms with Gasteiger partial charge in [0.1, 0.15) is 17.9 Å².